The highest BCUT2D eigenvalue weighted by Crippen LogP contribution is 2.26. The zero-order valence-electron chi connectivity index (χ0n) is 13.9. The van der Waals surface area contributed by atoms with Gasteiger partial charge in [0.2, 0.25) is 5.91 Å². The van der Waals surface area contributed by atoms with Crippen molar-refractivity contribution in [1.82, 2.24) is 0 Å². The average Bonchev–Trinajstić information content (AvgIpc) is 2.63. The monoisotopic (exact) mass is 325 g/mol. The van der Waals surface area contributed by atoms with Crippen LogP contribution < -0.4 is 15.5 Å². The van der Waals surface area contributed by atoms with E-state index in [-0.39, 0.29) is 12.5 Å². The average molecular weight is 325 g/mol. The summed E-state index contributed by atoms with van der Waals surface area (Å²) in [4.78, 5) is 14.4. The normalized spacial score (nSPS) is 14.3. The molecule has 1 aliphatic rings. The Morgan fingerprint density at radius 2 is 1.79 bits per heavy atom. The molecule has 3 rings (SSSR count). The summed E-state index contributed by atoms with van der Waals surface area (Å²) in [6.07, 6.45) is 0. The number of morpholine rings is 1. The Bertz CT molecular complexity index is 679. The first-order valence-corrected chi connectivity index (χ1v) is 8.24. The maximum atomic E-state index is 12.2. The topological polar surface area (TPSA) is 53.6 Å². The van der Waals surface area contributed by atoms with Crippen molar-refractivity contribution < 1.29 is 9.53 Å². The summed E-state index contributed by atoms with van der Waals surface area (Å²) >= 11 is 0. The predicted molar refractivity (Wildman–Crippen MR) is 97.8 cm³/mol. The Labute approximate surface area is 142 Å². The number of amides is 1. The first kappa shape index (κ1) is 16.3. The lowest BCUT2D eigenvalue weighted by Crippen LogP contribution is -2.36. The minimum Gasteiger partial charge on any atom is -0.378 e. The number of nitrogens with one attached hydrogen (secondary N) is 2. The van der Waals surface area contributed by atoms with Crippen LogP contribution in [0.5, 0.6) is 0 Å². The van der Waals surface area contributed by atoms with Crippen LogP contribution in [0.3, 0.4) is 0 Å². The maximum absolute atomic E-state index is 12.2. The summed E-state index contributed by atoms with van der Waals surface area (Å²) in [5.41, 5.74) is 4.07. The summed E-state index contributed by atoms with van der Waals surface area (Å²) in [5.74, 6) is -0.0596. The van der Waals surface area contributed by atoms with Crippen LogP contribution in [0.25, 0.3) is 0 Å². The number of aryl methyl sites for hydroxylation is 1. The molecule has 2 N–H and O–H groups in total. The fourth-order valence-electron chi connectivity index (χ4n) is 2.72. The van der Waals surface area contributed by atoms with Gasteiger partial charge in [-0.15, -0.1) is 0 Å². The van der Waals surface area contributed by atoms with Crippen LogP contribution in [0, 0.1) is 6.92 Å². The molecule has 0 spiro atoms. The lowest BCUT2D eigenvalue weighted by atomic mass is 10.2. The number of nitrogens with zero attached hydrogens (tertiary/aromatic N) is 1. The highest BCUT2D eigenvalue weighted by Gasteiger charge is 2.14. The second-order valence-electron chi connectivity index (χ2n) is 5.88. The van der Waals surface area contributed by atoms with Gasteiger partial charge in [-0.1, -0.05) is 29.8 Å². The quantitative estimate of drug-likeness (QED) is 0.887. The zero-order valence-corrected chi connectivity index (χ0v) is 13.9. The van der Waals surface area contributed by atoms with Crippen molar-refractivity contribution in [1.29, 1.82) is 0 Å². The molecule has 1 aliphatic heterocycles. The van der Waals surface area contributed by atoms with E-state index in [1.807, 2.05) is 49.4 Å². The first-order chi connectivity index (χ1) is 11.7. The van der Waals surface area contributed by atoms with Crippen molar-refractivity contribution in [3.63, 3.8) is 0 Å². The molecule has 0 saturated carbocycles. The lowest BCUT2D eigenvalue weighted by molar-refractivity contribution is -0.114. The van der Waals surface area contributed by atoms with Gasteiger partial charge in [0.05, 0.1) is 31.1 Å². The second-order valence-corrected chi connectivity index (χ2v) is 5.88. The van der Waals surface area contributed by atoms with Gasteiger partial charge in [0.1, 0.15) is 0 Å². The van der Waals surface area contributed by atoms with Gasteiger partial charge in [0.25, 0.3) is 0 Å². The molecule has 24 heavy (non-hydrogen) atoms. The molecule has 5 nitrogen and oxygen atoms in total. The maximum Gasteiger partial charge on any atom is 0.243 e. The minimum atomic E-state index is -0.0596. The fraction of sp³-hybridized carbons (Fsp3) is 0.316. The van der Waals surface area contributed by atoms with Gasteiger partial charge in [-0.3, -0.25) is 4.79 Å². The van der Waals surface area contributed by atoms with Crippen LogP contribution in [0.15, 0.2) is 48.5 Å². The molecule has 5 heteroatoms. The van der Waals surface area contributed by atoms with Gasteiger partial charge >= 0.3 is 0 Å². The molecule has 2 aromatic rings. The number of carbonyl (C=O) groups excluding carboxylic acids is 1. The van der Waals surface area contributed by atoms with Crippen molar-refractivity contribution in [2.45, 2.75) is 6.92 Å². The largest absolute Gasteiger partial charge is 0.378 e. The van der Waals surface area contributed by atoms with E-state index in [1.54, 1.807) is 0 Å². The molecule has 126 valence electrons. The number of hydrogen-bond donors (Lipinski definition) is 2. The minimum absolute atomic E-state index is 0.0596. The van der Waals surface area contributed by atoms with E-state index in [1.165, 1.54) is 5.56 Å². The van der Waals surface area contributed by atoms with Crippen LogP contribution in [-0.4, -0.2) is 38.8 Å². The third kappa shape index (κ3) is 4.26. The Kier molecular flexibility index (Phi) is 5.33. The Hall–Kier alpha value is -2.53. The van der Waals surface area contributed by atoms with E-state index in [0.29, 0.717) is 0 Å². The highest BCUT2D eigenvalue weighted by atomic mass is 16.5. The first-order valence-electron chi connectivity index (χ1n) is 8.24. The summed E-state index contributed by atoms with van der Waals surface area (Å²) in [5, 5.41) is 6.15. The van der Waals surface area contributed by atoms with Crippen molar-refractivity contribution in [2.24, 2.45) is 0 Å². The van der Waals surface area contributed by atoms with Gasteiger partial charge in [-0.2, -0.15) is 0 Å². The molecule has 0 unspecified atom stereocenters. The Morgan fingerprint density at radius 1 is 1.08 bits per heavy atom. The highest BCUT2D eigenvalue weighted by molar-refractivity contribution is 5.94. The standard InChI is InChI=1S/C19H23N3O2/c1-15-6-8-16(9-7-15)21-19(23)14-20-17-4-2-3-5-18(17)22-10-12-24-13-11-22/h2-9,20H,10-14H2,1H3,(H,21,23). The molecule has 1 amide bonds. The van der Waals surface area contributed by atoms with E-state index in [4.69, 9.17) is 4.74 Å². The van der Waals surface area contributed by atoms with Crippen LogP contribution >= 0.6 is 0 Å². The second kappa shape index (κ2) is 7.84. The number of anilines is 3. The molecule has 2 aromatic carbocycles. The summed E-state index contributed by atoms with van der Waals surface area (Å²) in [7, 11) is 0. The van der Waals surface area contributed by atoms with Crippen molar-refractivity contribution in [3.8, 4) is 0 Å². The molecular formula is C19H23N3O2. The van der Waals surface area contributed by atoms with Crippen molar-refractivity contribution >= 4 is 23.0 Å². The lowest BCUT2D eigenvalue weighted by Gasteiger charge is -2.30. The van der Waals surface area contributed by atoms with Crippen LogP contribution in [0.1, 0.15) is 5.56 Å². The molecule has 0 aromatic heterocycles. The SMILES string of the molecule is Cc1ccc(NC(=O)CNc2ccccc2N2CCOCC2)cc1. The Morgan fingerprint density at radius 3 is 2.54 bits per heavy atom. The molecule has 0 radical (unpaired) electrons. The number of carbonyl (C=O) groups is 1. The van der Waals surface area contributed by atoms with E-state index < -0.39 is 0 Å². The van der Waals surface area contributed by atoms with Gasteiger partial charge in [-0.25, -0.2) is 0 Å². The number of para-hydroxylation sites is 2. The smallest absolute Gasteiger partial charge is 0.243 e. The predicted octanol–water partition coefficient (Wildman–Crippen LogP) is 2.88. The fourth-order valence-corrected chi connectivity index (χ4v) is 2.72. The van der Waals surface area contributed by atoms with Gasteiger partial charge in [0, 0.05) is 18.8 Å². The van der Waals surface area contributed by atoms with Gasteiger partial charge in [-0.05, 0) is 31.2 Å². The molecule has 0 atom stereocenters. The zero-order chi connectivity index (χ0) is 16.8. The molecule has 1 saturated heterocycles. The number of hydrogen-bond acceptors (Lipinski definition) is 4. The van der Waals surface area contributed by atoms with E-state index in [2.05, 4.69) is 21.6 Å². The summed E-state index contributed by atoms with van der Waals surface area (Å²) in [6, 6.07) is 15.9. The van der Waals surface area contributed by atoms with Crippen LogP contribution in [0.4, 0.5) is 17.1 Å². The van der Waals surface area contributed by atoms with E-state index >= 15 is 0 Å². The van der Waals surface area contributed by atoms with Crippen LogP contribution in [-0.2, 0) is 9.53 Å². The van der Waals surface area contributed by atoms with Crippen molar-refractivity contribution in [2.75, 3.05) is 48.4 Å². The van der Waals surface area contributed by atoms with E-state index in [0.717, 1.165) is 43.4 Å². The number of rotatable bonds is 5. The molecule has 1 fully saturated rings. The van der Waals surface area contributed by atoms with Gasteiger partial charge in [0.15, 0.2) is 0 Å². The number of benzene rings is 2. The molecule has 1 heterocycles. The molecule has 0 aliphatic carbocycles. The third-order valence-corrected chi connectivity index (χ3v) is 4.03. The third-order valence-electron chi connectivity index (χ3n) is 4.03. The Balaban J connectivity index is 1.59. The van der Waals surface area contributed by atoms with E-state index in [9.17, 15) is 4.79 Å². The van der Waals surface area contributed by atoms with Crippen LogP contribution in [0.2, 0.25) is 0 Å². The summed E-state index contributed by atoms with van der Waals surface area (Å²) < 4.78 is 5.41. The molecular weight excluding hydrogens is 302 g/mol. The summed E-state index contributed by atoms with van der Waals surface area (Å²) in [6.45, 7) is 5.47. The van der Waals surface area contributed by atoms with Gasteiger partial charge < -0.3 is 20.3 Å². The number of ether oxygens (including phenoxy) is 1. The van der Waals surface area contributed by atoms with Crippen molar-refractivity contribution in [3.05, 3.63) is 54.1 Å². The molecule has 0 bridgehead atoms.